The van der Waals surface area contributed by atoms with Crippen LogP contribution in [0.2, 0.25) is 0 Å². The van der Waals surface area contributed by atoms with Crippen molar-refractivity contribution in [1.82, 2.24) is 9.88 Å². The van der Waals surface area contributed by atoms with Gasteiger partial charge in [0.2, 0.25) is 0 Å². The van der Waals surface area contributed by atoms with Gasteiger partial charge in [0.25, 0.3) is 0 Å². The Kier molecular flexibility index (Phi) is 4.79. The third-order valence-corrected chi connectivity index (χ3v) is 7.46. The summed E-state index contributed by atoms with van der Waals surface area (Å²) in [4.78, 5) is 14.9. The molecule has 0 radical (unpaired) electrons. The van der Waals surface area contributed by atoms with Crippen LogP contribution in [0.5, 0.6) is 0 Å². The molecule has 3 atom stereocenters. The minimum atomic E-state index is 0.0788. The number of aryl methyl sites for hydroxylation is 1. The lowest BCUT2D eigenvalue weighted by atomic mass is 9.93. The molecule has 3 aliphatic heterocycles. The number of hydrogen-bond acceptors (Lipinski definition) is 5. The Morgan fingerprint density at radius 3 is 2.71 bits per heavy atom. The summed E-state index contributed by atoms with van der Waals surface area (Å²) >= 11 is 1.91. The SMILES string of the molecule is CC[C@H]1CSC2=N[C@@H](c3ccccn3)[C@@H](c3ccc(N4CCCC4)c(C)c3)N21. The topological polar surface area (TPSA) is 31.7 Å². The van der Waals surface area contributed by atoms with E-state index in [0.717, 1.165) is 17.9 Å². The molecule has 0 N–H and O–H groups in total. The highest BCUT2D eigenvalue weighted by Gasteiger charge is 2.45. The van der Waals surface area contributed by atoms with Gasteiger partial charge in [0.05, 0.1) is 11.7 Å². The van der Waals surface area contributed by atoms with E-state index >= 15 is 0 Å². The average molecular weight is 393 g/mol. The van der Waals surface area contributed by atoms with Crippen LogP contribution in [0.3, 0.4) is 0 Å². The number of amidine groups is 1. The van der Waals surface area contributed by atoms with Crippen LogP contribution in [0.1, 0.15) is 55.1 Å². The van der Waals surface area contributed by atoms with Gasteiger partial charge in [0.1, 0.15) is 6.04 Å². The largest absolute Gasteiger partial charge is 0.371 e. The zero-order chi connectivity index (χ0) is 19.1. The van der Waals surface area contributed by atoms with E-state index in [1.807, 2.05) is 24.0 Å². The molecule has 146 valence electrons. The number of thioether (sulfide) groups is 1. The van der Waals surface area contributed by atoms with E-state index in [9.17, 15) is 0 Å². The first kappa shape index (κ1) is 18.0. The van der Waals surface area contributed by atoms with Crippen LogP contribution >= 0.6 is 11.8 Å². The molecule has 1 aromatic heterocycles. The second-order valence-corrected chi connectivity index (χ2v) is 9.06. The molecule has 2 fully saturated rings. The van der Waals surface area contributed by atoms with Crippen LogP contribution in [0, 0.1) is 6.92 Å². The monoisotopic (exact) mass is 392 g/mol. The molecule has 2 saturated heterocycles. The second-order valence-electron chi connectivity index (χ2n) is 8.08. The van der Waals surface area contributed by atoms with Gasteiger partial charge in [-0.15, -0.1) is 0 Å². The highest BCUT2D eigenvalue weighted by molar-refractivity contribution is 8.14. The lowest BCUT2D eigenvalue weighted by Gasteiger charge is -2.32. The number of rotatable bonds is 4. The maximum Gasteiger partial charge on any atom is 0.160 e. The first-order chi connectivity index (χ1) is 13.8. The molecule has 0 amide bonds. The molecule has 3 aliphatic rings. The minimum absolute atomic E-state index is 0.0788. The predicted octanol–water partition coefficient (Wildman–Crippen LogP) is 4.97. The van der Waals surface area contributed by atoms with Crippen molar-refractivity contribution in [3.8, 4) is 0 Å². The van der Waals surface area contributed by atoms with Crippen molar-refractivity contribution in [2.75, 3.05) is 23.7 Å². The minimum Gasteiger partial charge on any atom is -0.371 e. The summed E-state index contributed by atoms with van der Waals surface area (Å²) in [7, 11) is 0. The fourth-order valence-electron chi connectivity index (χ4n) is 4.89. The quantitative estimate of drug-likeness (QED) is 0.735. The number of pyridine rings is 1. The van der Waals surface area contributed by atoms with E-state index in [4.69, 9.17) is 4.99 Å². The van der Waals surface area contributed by atoms with Gasteiger partial charge in [-0.3, -0.25) is 9.98 Å². The highest BCUT2D eigenvalue weighted by Crippen LogP contribution is 2.49. The van der Waals surface area contributed by atoms with Crippen LogP contribution in [0.4, 0.5) is 5.69 Å². The molecule has 5 heteroatoms. The van der Waals surface area contributed by atoms with Crippen molar-refractivity contribution in [3.63, 3.8) is 0 Å². The summed E-state index contributed by atoms with van der Waals surface area (Å²) in [6.07, 6.45) is 5.67. The molecule has 5 rings (SSSR count). The number of benzene rings is 1. The van der Waals surface area contributed by atoms with Crippen LogP contribution in [-0.2, 0) is 0 Å². The molecule has 0 saturated carbocycles. The van der Waals surface area contributed by atoms with Gasteiger partial charge in [-0.2, -0.15) is 0 Å². The van der Waals surface area contributed by atoms with Gasteiger partial charge in [-0.25, -0.2) is 0 Å². The Hall–Kier alpha value is -2.01. The summed E-state index contributed by atoms with van der Waals surface area (Å²) in [5.41, 5.74) is 5.23. The Bertz CT molecular complexity index is 875. The molecular formula is C23H28N4S. The van der Waals surface area contributed by atoms with E-state index < -0.39 is 0 Å². The van der Waals surface area contributed by atoms with Gasteiger partial charge < -0.3 is 9.80 Å². The summed E-state index contributed by atoms with van der Waals surface area (Å²) in [5, 5.41) is 1.20. The highest BCUT2D eigenvalue weighted by atomic mass is 32.2. The van der Waals surface area contributed by atoms with Crippen molar-refractivity contribution in [2.24, 2.45) is 4.99 Å². The second kappa shape index (κ2) is 7.43. The molecular weight excluding hydrogens is 364 g/mol. The van der Waals surface area contributed by atoms with Gasteiger partial charge in [-0.1, -0.05) is 36.9 Å². The van der Waals surface area contributed by atoms with Gasteiger partial charge in [-0.05, 0) is 55.5 Å². The van der Waals surface area contributed by atoms with E-state index in [1.165, 1.54) is 47.9 Å². The Balaban J connectivity index is 1.54. The lowest BCUT2D eigenvalue weighted by Crippen LogP contribution is -2.35. The molecule has 4 heterocycles. The van der Waals surface area contributed by atoms with E-state index in [1.54, 1.807) is 0 Å². The molecule has 28 heavy (non-hydrogen) atoms. The van der Waals surface area contributed by atoms with E-state index in [-0.39, 0.29) is 12.1 Å². The zero-order valence-electron chi connectivity index (χ0n) is 16.7. The number of anilines is 1. The number of nitrogens with zero attached hydrogens (tertiary/aromatic N) is 4. The first-order valence-corrected chi connectivity index (χ1v) is 11.5. The summed E-state index contributed by atoms with van der Waals surface area (Å²) in [6, 6.07) is 14.2. The fourth-order valence-corrected chi connectivity index (χ4v) is 6.22. The van der Waals surface area contributed by atoms with Crippen LogP contribution in [-0.4, -0.2) is 39.9 Å². The van der Waals surface area contributed by atoms with Crippen LogP contribution < -0.4 is 4.90 Å². The maximum absolute atomic E-state index is 5.14. The summed E-state index contributed by atoms with van der Waals surface area (Å²) < 4.78 is 0. The van der Waals surface area contributed by atoms with E-state index in [2.05, 4.69) is 59.0 Å². The first-order valence-electron chi connectivity index (χ1n) is 10.5. The van der Waals surface area contributed by atoms with Gasteiger partial charge in [0, 0.05) is 36.8 Å². The predicted molar refractivity (Wildman–Crippen MR) is 118 cm³/mol. The standard InChI is InChI=1S/C23H28N4S/c1-3-18-15-28-23-25-21(19-8-4-5-11-24-19)22(27(18)23)17-9-10-20(16(2)14-17)26-12-6-7-13-26/h4-5,8-11,14,18,21-22H,3,6-7,12-13,15H2,1-2H3/t18-,21-,22+/m0/s1. The third kappa shape index (κ3) is 3.00. The number of fused-ring (bicyclic) bond motifs is 1. The normalized spacial score (nSPS) is 26.6. The molecule has 1 aromatic carbocycles. The van der Waals surface area contributed by atoms with Crippen molar-refractivity contribution >= 4 is 22.6 Å². The zero-order valence-corrected chi connectivity index (χ0v) is 17.5. The number of aliphatic imine (C=N–C) groups is 1. The molecule has 0 aliphatic carbocycles. The third-order valence-electron chi connectivity index (χ3n) is 6.34. The Morgan fingerprint density at radius 2 is 2.00 bits per heavy atom. The Labute approximate surface area is 172 Å². The number of hydrogen-bond donors (Lipinski definition) is 0. The smallest absolute Gasteiger partial charge is 0.160 e. The van der Waals surface area contributed by atoms with Gasteiger partial charge in [0.15, 0.2) is 5.17 Å². The van der Waals surface area contributed by atoms with Crippen LogP contribution in [0.25, 0.3) is 0 Å². The van der Waals surface area contributed by atoms with Crippen molar-refractivity contribution < 1.29 is 0 Å². The van der Waals surface area contributed by atoms with E-state index in [0.29, 0.717) is 6.04 Å². The van der Waals surface area contributed by atoms with Crippen molar-refractivity contribution in [3.05, 3.63) is 59.4 Å². The maximum atomic E-state index is 5.14. The molecule has 0 bridgehead atoms. The Morgan fingerprint density at radius 1 is 1.14 bits per heavy atom. The molecule has 0 unspecified atom stereocenters. The fraction of sp³-hybridized carbons (Fsp3) is 0.478. The van der Waals surface area contributed by atoms with Crippen molar-refractivity contribution in [2.45, 2.75) is 51.2 Å². The summed E-state index contributed by atoms with van der Waals surface area (Å²) in [6.45, 7) is 6.93. The summed E-state index contributed by atoms with van der Waals surface area (Å²) in [5.74, 6) is 1.14. The molecule has 4 nitrogen and oxygen atoms in total. The molecule has 0 spiro atoms. The lowest BCUT2D eigenvalue weighted by molar-refractivity contribution is 0.255. The van der Waals surface area contributed by atoms with Crippen LogP contribution in [0.15, 0.2) is 47.6 Å². The number of aromatic nitrogens is 1. The van der Waals surface area contributed by atoms with Crippen molar-refractivity contribution in [1.29, 1.82) is 0 Å². The average Bonchev–Trinajstić information content (AvgIpc) is 3.45. The van der Waals surface area contributed by atoms with Gasteiger partial charge >= 0.3 is 0 Å². The molecule has 2 aromatic rings.